The molecule has 2 unspecified atom stereocenters. The van der Waals surface area contributed by atoms with Gasteiger partial charge in [0.05, 0.1) is 19.3 Å². The van der Waals surface area contributed by atoms with Gasteiger partial charge < -0.3 is 14.8 Å². The first kappa shape index (κ1) is 12.0. The summed E-state index contributed by atoms with van der Waals surface area (Å²) in [5, 5.41) is 3.31. The standard InChI is InChI=1S/C11H23NO2/c1-4-13-7-9(2)14-8-11(12-3)10-5-6-10/h9-12H,4-8H2,1-3H3. The van der Waals surface area contributed by atoms with E-state index in [2.05, 4.69) is 12.2 Å². The van der Waals surface area contributed by atoms with Crippen molar-refractivity contribution in [1.82, 2.24) is 5.32 Å². The summed E-state index contributed by atoms with van der Waals surface area (Å²) in [5.74, 6) is 0.847. The van der Waals surface area contributed by atoms with Crippen molar-refractivity contribution in [2.45, 2.75) is 38.8 Å². The SMILES string of the molecule is CCOCC(C)OCC(NC)C1CC1. The summed E-state index contributed by atoms with van der Waals surface area (Å²) in [6.07, 6.45) is 2.92. The second-order valence-corrected chi connectivity index (χ2v) is 4.04. The largest absolute Gasteiger partial charge is 0.379 e. The van der Waals surface area contributed by atoms with Crippen molar-refractivity contribution in [3.8, 4) is 0 Å². The highest BCUT2D eigenvalue weighted by Gasteiger charge is 2.30. The van der Waals surface area contributed by atoms with Crippen LogP contribution in [0.3, 0.4) is 0 Å². The quantitative estimate of drug-likeness (QED) is 0.644. The van der Waals surface area contributed by atoms with Gasteiger partial charge in [0.1, 0.15) is 0 Å². The van der Waals surface area contributed by atoms with Gasteiger partial charge in [0.15, 0.2) is 0 Å². The molecule has 0 heterocycles. The molecule has 0 aromatic heterocycles. The number of rotatable bonds is 8. The summed E-state index contributed by atoms with van der Waals surface area (Å²) in [6.45, 7) is 6.36. The van der Waals surface area contributed by atoms with E-state index in [0.29, 0.717) is 12.6 Å². The Morgan fingerprint density at radius 1 is 1.36 bits per heavy atom. The molecule has 0 spiro atoms. The third-order valence-corrected chi connectivity index (χ3v) is 2.68. The lowest BCUT2D eigenvalue weighted by atomic mass is 10.2. The molecule has 2 atom stereocenters. The first-order valence-corrected chi connectivity index (χ1v) is 5.64. The maximum absolute atomic E-state index is 5.71. The minimum absolute atomic E-state index is 0.213. The molecule has 0 aromatic carbocycles. The second kappa shape index (κ2) is 6.38. The molecule has 0 saturated heterocycles. The van der Waals surface area contributed by atoms with Crippen molar-refractivity contribution in [3.05, 3.63) is 0 Å². The van der Waals surface area contributed by atoms with Crippen molar-refractivity contribution < 1.29 is 9.47 Å². The lowest BCUT2D eigenvalue weighted by Gasteiger charge is -2.19. The van der Waals surface area contributed by atoms with Gasteiger partial charge in [-0.1, -0.05) is 0 Å². The van der Waals surface area contributed by atoms with Gasteiger partial charge in [-0.25, -0.2) is 0 Å². The highest BCUT2D eigenvalue weighted by Crippen LogP contribution is 2.32. The molecule has 1 aliphatic rings. The number of nitrogens with one attached hydrogen (secondary N) is 1. The van der Waals surface area contributed by atoms with Crippen LogP contribution in [0.5, 0.6) is 0 Å². The Kier molecular flexibility index (Phi) is 5.45. The number of ether oxygens (including phenoxy) is 2. The Balaban J connectivity index is 2.04. The molecule has 14 heavy (non-hydrogen) atoms. The highest BCUT2D eigenvalue weighted by atomic mass is 16.5. The third-order valence-electron chi connectivity index (χ3n) is 2.68. The molecule has 3 heteroatoms. The monoisotopic (exact) mass is 201 g/mol. The van der Waals surface area contributed by atoms with E-state index in [1.165, 1.54) is 12.8 Å². The maximum Gasteiger partial charge on any atom is 0.0781 e. The van der Waals surface area contributed by atoms with E-state index in [4.69, 9.17) is 9.47 Å². The molecule has 0 aromatic rings. The normalized spacial score (nSPS) is 20.8. The fourth-order valence-corrected chi connectivity index (χ4v) is 1.55. The van der Waals surface area contributed by atoms with Crippen molar-refractivity contribution >= 4 is 0 Å². The van der Waals surface area contributed by atoms with Crippen molar-refractivity contribution in [1.29, 1.82) is 0 Å². The molecule has 1 rings (SSSR count). The lowest BCUT2D eigenvalue weighted by molar-refractivity contribution is -0.0126. The minimum Gasteiger partial charge on any atom is -0.379 e. The topological polar surface area (TPSA) is 30.5 Å². The van der Waals surface area contributed by atoms with Gasteiger partial charge in [-0.05, 0) is 39.7 Å². The molecule has 3 nitrogen and oxygen atoms in total. The zero-order chi connectivity index (χ0) is 10.4. The summed E-state index contributed by atoms with van der Waals surface area (Å²) in [5.41, 5.74) is 0. The zero-order valence-electron chi connectivity index (χ0n) is 9.58. The Labute approximate surface area is 87.2 Å². The van der Waals surface area contributed by atoms with Crippen LogP contribution < -0.4 is 5.32 Å². The van der Waals surface area contributed by atoms with Gasteiger partial charge in [-0.15, -0.1) is 0 Å². The number of hydrogen-bond donors (Lipinski definition) is 1. The molecule has 1 fully saturated rings. The van der Waals surface area contributed by atoms with E-state index in [-0.39, 0.29) is 6.10 Å². The zero-order valence-corrected chi connectivity index (χ0v) is 9.58. The van der Waals surface area contributed by atoms with E-state index in [9.17, 15) is 0 Å². The molecule has 0 amide bonds. The van der Waals surface area contributed by atoms with Crippen molar-refractivity contribution in [3.63, 3.8) is 0 Å². The molecule has 0 radical (unpaired) electrons. The van der Waals surface area contributed by atoms with Crippen LogP contribution in [0.25, 0.3) is 0 Å². The Morgan fingerprint density at radius 2 is 2.07 bits per heavy atom. The van der Waals surface area contributed by atoms with E-state index in [1.54, 1.807) is 0 Å². The van der Waals surface area contributed by atoms with Gasteiger partial charge in [0.25, 0.3) is 0 Å². The first-order chi connectivity index (χ1) is 6.77. The fourth-order valence-electron chi connectivity index (χ4n) is 1.55. The van der Waals surface area contributed by atoms with E-state index in [0.717, 1.165) is 19.1 Å². The number of likely N-dealkylation sites (N-methyl/N-ethyl adjacent to an activating group) is 1. The molecule has 0 aliphatic heterocycles. The van der Waals surface area contributed by atoms with Gasteiger partial charge in [-0.2, -0.15) is 0 Å². The van der Waals surface area contributed by atoms with E-state index in [1.807, 2.05) is 14.0 Å². The molecular weight excluding hydrogens is 178 g/mol. The smallest absolute Gasteiger partial charge is 0.0781 e. The maximum atomic E-state index is 5.71. The Bertz CT molecular complexity index is 148. The van der Waals surface area contributed by atoms with Crippen LogP contribution in [-0.4, -0.2) is 39.0 Å². The predicted octanol–water partition coefficient (Wildman–Crippen LogP) is 1.43. The summed E-state index contributed by atoms with van der Waals surface area (Å²) >= 11 is 0. The molecule has 84 valence electrons. The van der Waals surface area contributed by atoms with Crippen LogP contribution in [0.15, 0.2) is 0 Å². The van der Waals surface area contributed by atoms with E-state index < -0.39 is 0 Å². The Hall–Kier alpha value is -0.120. The van der Waals surface area contributed by atoms with Crippen LogP contribution >= 0.6 is 0 Å². The summed E-state index contributed by atoms with van der Waals surface area (Å²) < 4.78 is 11.0. The Morgan fingerprint density at radius 3 is 2.57 bits per heavy atom. The van der Waals surface area contributed by atoms with Crippen molar-refractivity contribution in [2.75, 3.05) is 26.9 Å². The first-order valence-electron chi connectivity index (χ1n) is 5.64. The fraction of sp³-hybridized carbons (Fsp3) is 1.00. The summed E-state index contributed by atoms with van der Waals surface area (Å²) in [7, 11) is 2.01. The van der Waals surface area contributed by atoms with E-state index >= 15 is 0 Å². The average molecular weight is 201 g/mol. The third kappa shape index (κ3) is 4.40. The molecule has 1 N–H and O–H groups in total. The van der Waals surface area contributed by atoms with Crippen LogP contribution in [-0.2, 0) is 9.47 Å². The molecule has 0 bridgehead atoms. The lowest BCUT2D eigenvalue weighted by Crippen LogP contribution is -2.34. The number of hydrogen-bond acceptors (Lipinski definition) is 3. The van der Waals surface area contributed by atoms with Gasteiger partial charge >= 0.3 is 0 Å². The van der Waals surface area contributed by atoms with Gasteiger partial charge in [0.2, 0.25) is 0 Å². The minimum atomic E-state index is 0.213. The van der Waals surface area contributed by atoms with Gasteiger partial charge in [0, 0.05) is 12.6 Å². The van der Waals surface area contributed by atoms with Crippen LogP contribution in [0.1, 0.15) is 26.7 Å². The van der Waals surface area contributed by atoms with Crippen LogP contribution in [0.4, 0.5) is 0 Å². The predicted molar refractivity (Wildman–Crippen MR) is 57.5 cm³/mol. The van der Waals surface area contributed by atoms with Crippen LogP contribution in [0, 0.1) is 5.92 Å². The van der Waals surface area contributed by atoms with Crippen LogP contribution in [0.2, 0.25) is 0 Å². The average Bonchev–Trinajstić information content (AvgIpc) is 2.99. The summed E-state index contributed by atoms with van der Waals surface area (Å²) in [6, 6.07) is 0.541. The molecular formula is C11H23NO2. The molecule has 1 aliphatic carbocycles. The van der Waals surface area contributed by atoms with Crippen molar-refractivity contribution in [2.24, 2.45) is 5.92 Å². The molecule has 1 saturated carbocycles. The summed E-state index contributed by atoms with van der Waals surface area (Å²) in [4.78, 5) is 0. The highest BCUT2D eigenvalue weighted by molar-refractivity contribution is 4.85. The second-order valence-electron chi connectivity index (χ2n) is 4.04. The van der Waals surface area contributed by atoms with Gasteiger partial charge in [-0.3, -0.25) is 0 Å².